The van der Waals surface area contributed by atoms with Gasteiger partial charge in [0.05, 0.1) is 29.8 Å². The van der Waals surface area contributed by atoms with Gasteiger partial charge in [0.1, 0.15) is 23.6 Å². The van der Waals surface area contributed by atoms with Crippen molar-refractivity contribution >= 4 is 5.82 Å². The Hall–Kier alpha value is -3.07. The van der Waals surface area contributed by atoms with Gasteiger partial charge in [0.25, 0.3) is 0 Å². The first-order valence-corrected chi connectivity index (χ1v) is 10.9. The highest BCUT2D eigenvalue weighted by Gasteiger charge is 2.41. The van der Waals surface area contributed by atoms with Crippen LogP contribution in [-0.4, -0.2) is 56.2 Å². The highest BCUT2D eigenvalue weighted by atomic mass is 19.1. The van der Waals surface area contributed by atoms with E-state index in [2.05, 4.69) is 20.4 Å². The molecule has 3 aromatic rings. The Morgan fingerprint density at radius 3 is 2.72 bits per heavy atom. The number of benzene rings is 1. The van der Waals surface area contributed by atoms with Crippen molar-refractivity contribution < 1.29 is 13.9 Å². The van der Waals surface area contributed by atoms with Crippen LogP contribution < -0.4 is 10.2 Å². The van der Waals surface area contributed by atoms with Crippen LogP contribution in [0.4, 0.5) is 14.6 Å². The largest absolute Gasteiger partial charge is 0.507 e. The summed E-state index contributed by atoms with van der Waals surface area (Å²) in [5.41, 5.74) is 1.22. The molecule has 2 bridgehead atoms. The van der Waals surface area contributed by atoms with E-state index in [-0.39, 0.29) is 29.0 Å². The summed E-state index contributed by atoms with van der Waals surface area (Å²) in [7, 11) is 3.58. The molecule has 2 aromatic heterocycles. The van der Waals surface area contributed by atoms with Crippen LogP contribution >= 0.6 is 0 Å². The van der Waals surface area contributed by atoms with Crippen molar-refractivity contribution in [3.05, 3.63) is 42.6 Å². The molecule has 2 saturated heterocycles. The van der Waals surface area contributed by atoms with Crippen LogP contribution in [0.2, 0.25) is 0 Å². The predicted molar refractivity (Wildman–Crippen MR) is 118 cm³/mol. The van der Waals surface area contributed by atoms with Crippen LogP contribution in [0, 0.1) is 5.82 Å². The second-order valence-electron chi connectivity index (χ2n) is 8.74. The SMILES string of the molecule is CN(c1cnc(-c2cc(F)c(-c3ccn(C)n3)cc2O)cn1)[C@@H]1CC2CCCC(N2)[C@@H]1F. The molecule has 4 heterocycles. The van der Waals surface area contributed by atoms with E-state index in [1.165, 1.54) is 18.3 Å². The number of piperidine rings is 2. The van der Waals surface area contributed by atoms with E-state index in [0.29, 0.717) is 23.2 Å². The summed E-state index contributed by atoms with van der Waals surface area (Å²) in [6.45, 7) is 0. The van der Waals surface area contributed by atoms with E-state index in [0.717, 1.165) is 25.7 Å². The van der Waals surface area contributed by atoms with E-state index in [4.69, 9.17) is 0 Å². The third-order valence-electron chi connectivity index (χ3n) is 6.64. The molecule has 168 valence electrons. The van der Waals surface area contributed by atoms with E-state index >= 15 is 4.39 Å². The molecule has 2 fully saturated rings. The Balaban J connectivity index is 1.38. The maximum Gasteiger partial charge on any atom is 0.147 e. The average Bonchev–Trinajstić information content (AvgIpc) is 3.23. The first-order chi connectivity index (χ1) is 15.4. The number of hydrogen-bond donors (Lipinski definition) is 2. The molecule has 2 aliphatic rings. The lowest BCUT2D eigenvalue weighted by Crippen LogP contribution is -2.61. The minimum Gasteiger partial charge on any atom is -0.507 e. The van der Waals surface area contributed by atoms with Gasteiger partial charge >= 0.3 is 0 Å². The van der Waals surface area contributed by atoms with Crippen molar-refractivity contribution in [2.24, 2.45) is 7.05 Å². The van der Waals surface area contributed by atoms with Crippen molar-refractivity contribution in [1.29, 1.82) is 0 Å². The monoisotopic (exact) mass is 440 g/mol. The maximum atomic E-state index is 15.0. The standard InChI is InChI=1S/C23H26F2N6O/c1-30-7-6-17(29-30)14-10-21(32)15(9-16(14)24)19-11-27-22(12-26-19)31(2)20-8-13-4-3-5-18(28-13)23(20)25/h6-7,9-13,18,20,23,28,32H,3-5,8H2,1-2H3/t13?,18?,20-,23+/m1/s1. The topological polar surface area (TPSA) is 79.1 Å². The van der Waals surface area contributed by atoms with E-state index in [1.807, 2.05) is 11.9 Å². The Labute approximate surface area is 185 Å². The summed E-state index contributed by atoms with van der Waals surface area (Å²) >= 11 is 0. The maximum absolute atomic E-state index is 15.0. The van der Waals surface area contributed by atoms with Crippen LogP contribution in [-0.2, 0) is 7.05 Å². The number of nitrogens with one attached hydrogen (secondary N) is 1. The molecule has 5 rings (SSSR count). The number of aromatic hydroxyl groups is 1. The van der Waals surface area contributed by atoms with Crippen LogP contribution in [0.15, 0.2) is 36.8 Å². The molecule has 0 amide bonds. The zero-order chi connectivity index (χ0) is 22.4. The highest BCUT2D eigenvalue weighted by Crippen LogP contribution is 2.35. The summed E-state index contributed by atoms with van der Waals surface area (Å²) in [6.07, 6.45) is 7.46. The van der Waals surface area contributed by atoms with Crippen LogP contribution in [0.1, 0.15) is 25.7 Å². The molecule has 2 unspecified atom stereocenters. The first kappa shape index (κ1) is 20.8. The van der Waals surface area contributed by atoms with Gasteiger partial charge in [0.2, 0.25) is 0 Å². The zero-order valence-corrected chi connectivity index (χ0v) is 18.0. The van der Waals surface area contributed by atoms with E-state index in [9.17, 15) is 9.50 Å². The van der Waals surface area contributed by atoms with Gasteiger partial charge < -0.3 is 15.3 Å². The summed E-state index contributed by atoms with van der Waals surface area (Å²) in [6, 6.07) is 4.21. The lowest BCUT2D eigenvalue weighted by Gasteiger charge is -2.46. The number of aryl methyl sites for hydroxylation is 1. The third kappa shape index (κ3) is 3.70. The number of alkyl halides is 1. The fourth-order valence-electron chi connectivity index (χ4n) is 4.89. The Kier molecular flexibility index (Phi) is 5.28. The van der Waals surface area contributed by atoms with Gasteiger partial charge in [-0.15, -0.1) is 0 Å². The molecule has 32 heavy (non-hydrogen) atoms. The Morgan fingerprint density at radius 2 is 2.00 bits per heavy atom. The summed E-state index contributed by atoms with van der Waals surface area (Å²) < 4.78 is 31.4. The lowest BCUT2D eigenvalue weighted by atomic mass is 9.82. The molecular weight excluding hydrogens is 414 g/mol. The molecule has 0 aliphatic carbocycles. The summed E-state index contributed by atoms with van der Waals surface area (Å²) in [4.78, 5) is 10.7. The van der Waals surface area contributed by atoms with Gasteiger partial charge in [-0.25, -0.2) is 13.8 Å². The number of aromatic nitrogens is 4. The normalized spacial score (nSPS) is 25.0. The minimum atomic E-state index is -0.977. The molecule has 0 saturated carbocycles. The molecule has 2 aliphatic heterocycles. The Bertz CT molecular complexity index is 1120. The van der Waals surface area contributed by atoms with Gasteiger partial charge in [-0.1, -0.05) is 6.42 Å². The fraction of sp³-hybridized carbons (Fsp3) is 0.435. The van der Waals surface area contributed by atoms with Crippen molar-refractivity contribution in [2.75, 3.05) is 11.9 Å². The quantitative estimate of drug-likeness (QED) is 0.647. The van der Waals surface area contributed by atoms with E-state index < -0.39 is 12.0 Å². The lowest BCUT2D eigenvalue weighted by molar-refractivity contribution is 0.107. The molecule has 1 aromatic carbocycles. The smallest absolute Gasteiger partial charge is 0.147 e. The van der Waals surface area contributed by atoms with Gasteiger partial charge in [-0.2, -0.15) is 5.10 Å². The number of phenols is 1. The second-order valence-corrected chi connectivity index (χ2v) is 8.74. The number of fused-ring (bicyclic) bond motifs is 2. The molecule has 9 heteroatoms. The van der Waals surface area contributed by atoms with Crippen LogP contribution in [0.3, 0.4) is 0 Å². The number of nitrogens with zero attached hydrogens (tertiary/aromatic N) is 5. The number of phenolic OH excluding ortho intramolecular Hbond substituents is 1. The second kappa shape index (κ2) is 8.12. The average molecular weight is 440 g/mol. The van der Waals surface area contributed by atoms with Gasteiger partial charge in [-0.05, 0) is 37.5 Å². The number of hydrogen-bond acceptors (Lipinski definition) is 6. The predicted octanol–water partition coefficient (Wildman–Crippen LogP) is 3.45. The molecule has 0 spiro atoms. The van der Waals surface area contributed by atoms with Crippen molar-refractivity contribution in [2.45, 2.75) is 50.0 Å². The van der Waals surface area contributed by atoms with Crippen LogP contribution in [0.25, 0.3) is 22.5 Å². The number of halogens is 2. The summed E-state index contributed by atoms with van der Waals surface area (Å²) in [5.74, 6) is -0.0788. The van der Waals surface area contributed by atoms with Crippen molar-refractivity contribution in [3.63, 3.8) is 0 Å². The Morgan fingerprint density at radius 1 is 1.16 bits per heavy atom. The van der Waals surface area contributed by atoms with Gasteiger partial charge in [-0.3, -0.25) is 9.67 Å². The molecule has 4 atom stereocenters. The third-order valence-corrected chi connectivity index (χ3v) is 6.64. The highest BCUT2D eigenvalue weighted by molar-refractivity contribution is 5.73. The van der Waals surface area contributed by atoms with Gasteiger partial charge in [0.15, 0.2) is 0 Å². The molecule has 0 radical (unpaired) electrons. The number of anilines is 1. The van der Waals surface area contributed by atoms with Crippen molar-refractivity contribution in [1.82, 2.24) is 25.1 Å². The van der Waals surface area contributed by atoms with E-state index in [1.54, 1.807) is 30.2 Å². The zero-order valence-electron chi connectivity index (χ0n) is 18.0. The minimum absolute atomic E-state index is 0.111. The van der Waals surface area contributed by atoms with Crippen LogP contribution in [0.5, 0.6) is 5.75 Å². The molecular formula is C23H26F2N6O. The fourth-order valence-corrected chi connectivity index (χ4v) is 4.89. The summed E-state index contributed by atoms with van der Waals surface area (Å²) in [5, 5.41) is 18.1. The van der Waals surface area contributed by atoms with Crippen molar-refractivity contribution in [3.8, 4) is 28.3 Å². The molecule has 7 nitrogen and oxygen atoms in total. The first-order valence-electron chi connectivity index (χ1n) is 10.9. The van der Waals surface area contributed by atoms with Gasteiger partial charge in [0, 0.05) is 43.5 Å². The number of rotatable bonds is 4. The molecule has 2 N–H and O–H groups in total.